The number of piperazine rings is 1. The van der Waals surface area contributed by atoms with Gasteiger partial charge in [-0.1, -0.05) is 36.9 Å². The molecule has 1 aromatic carbocycles. The van der Waals surface area contributed by atoms with Gasteiger partial charge in [0.25, 0.3) is 0 Å². The van der Waals surface area contributed by atoms with E-state index in [1.54, 1.807) is 6.26 Å². The molecule has 33 heavy (non-hydrogen) atoms. The minimum Gasteiger partial charge on any atom is -0.467 e. The third-order valence-corrected chi connectivity index (χ3v) is 7.27. The van der Waals surface area contributed by atoms with Crippen LogP contribution >= 0.6 is 11.8 Å². The number of nitrogens with one attached hydrogen (secondary N) is 1. The first-order valence-corrected chi connectivity index (χ1v) is 12.2. The van der Waals surface area contributed by atoms with Gasteiger partial charge in [0.15, 0.2) is 11.0 Å². The summed E-state index contributed by atoms with van der Waals surface area (Å²) in [6.07, 6.45) is 3.63. The van der Waals surface area contributed by atoms with E-state index in [9.17, 15) is 4.79 Å². The molecule has 0 bridgehead atoms. The number of hydrogen-bond acceptors (Lipinski definition) is 6. The molecule has 1 N–H and O–H groups in total. The van der Waals surface area contributed by atoms with E-state index in [-0.39, 0.29) is 11.2 Å². The Balaban J connectivity index is 1.42. The SMILES string of the molecule is CCN1CCN(C(=O)[C@@H](C)Sc2nnc(-c3c[nH]c4ccccc34)n2Cc2ccco2)CC1. The maximum atomic E-state index is 13.1. The van der Waals surface area contributed by atoms with Gasteiger partial charge in [0.05, 0.1) is 18.1 Å². The topological polar surface area (TPSA) is 83.2 Å². The predicted octanol–water partition coefficient (Wildman–Crippen LogP) is 3.71. The van der Waals surface area contributed by atoms with Crippen molar-refractivity contribution in [3.8, 4) is 11.4 Å². The van der Waals surface area contributed by atoms with Crippen molar-refractivity contribution in [1.29, 1.82) is 0 Å². The molecule has 1 fully saturated rings. The number of para-hydroxylation sites is 1. The lowest BCUT2D eigenvalue weighted by Crippen LogP contribution is -2.50. The monoisotopic (exact) mass is 464 g/mol. The molecular weight excluding hydrogens is 436 g/mol. The zero-order valence-corrected chi connectivity index (χ0v) is 19.7. The number of H-pyrrole nitrogens is 1. The van der Waals surface area contributed by atoms with E-state index < -0.39 is 0 Å². The van der Waals surface area contributed by atoms with Gasteiger partial charge in [-0.15, -0.1) is 10.2 Å². The fourth-order valence-corrected chi connectivity index (χ4v) is 5.22. The Hall–Kier alpha value is -3.04. The van der Waals surface area contributed by atoms with Crippen molar-refractivity contribution >= 4 is 28.6 Å². The first-order chi connectivity index (χ1) is 16.1. The second-order valence-electron chi connectivity index (χ2n) is 8.24. The van der Waals surface area contributed by atoms with Gasteiger partial charge < -0.3 is 19.2 Å². The van der Waals surface area contributed by atoms with E-state index in [0.29, 0.717) is 11.7 Å². The molecule has 0 saturated carbocycles. The fraction of sp³-hybridized carbons (Fsp3) is 0.375. The van der Waals surface area contributed by atoms with Gasteiger partial charge >= 0.3 is 0 Å². The number of amides is 1. The molecule has 1 aliphatic rings. The van der Waals surface area contributed by atoms with Crippen molar-refractivity contribution < 1.29 is 9.21 Å². The molecular formula is C24H28N6O2S. The number of fused-ring (bicyclic) bond motifs is 1. The molecule has 9 heteroatoms. The van der Waals surface area contributed by atoms with Crippen LogP contribution in [0.4, 0.5) is 0 Å². The zero-order chi connectivity index (χ0) is 22.8. The van der Waals surface area contributed by atoms with Gasteiger partial charge in [-0.05, 0) is 31.7 Å². The lowest BCUT2D eigenvalue weighted by atomic mass is 10.1. The molecule has 0 spiro atoms. The summed E-state index contributed by atoms with van der Waals surface area (Å²) in [5.41, 5.74) is 2.02. The summed E-state index contributed by atoms with van der Waals surface area (Å²) in [5.74, 6) is 1.71. The maximum Gasteiger partial charge on any atom is 0.235 e. The lowest BCUT2D eigenvalue weighted by Gasteiger charge is -2.35. The van der Waals surface area contributed by atoms with E-state index in [1.807, 2.05) is 52.9 Å². The molecule has 4 heterocycles. The molecule has 4 aromatic rings. The van der Waals surface area contributed by atoms with Gasteiger partial charge in [-0.2, -0.15) is 0 Å². The quantitative estimate of drug-likeness (QED) is 0.420. The first kappa shape index (κ1) is 21.8. The lowest BCUT2D eigenvalue weighted by molar-refractivity contribution is -0.132. The molecule has 1 aliphatic heterocycles. The number of aromatic nitrogens is 4. The van der Waals surface area contributed by atoms with Crippen LogP contribution in [0.25, 0.3) is 22.3 Å². The summed E-state index contributed by atoms with van der Waals surface area (Å²) < 4.78 is 7.66. The van der Waals surface area contributed by atoms with E-state index in [2.05, 4.69) is 33.1 Å². The van der Waals surface area contributed by atoms with Crippen LogP contribution in [0.5, 0.6) is 0 Å². The number of carbonyl (C=O) groups excluding carboxylic acids is 1. The molecule has 1 saturated heterocycles. The molecule has 0 unspecified atom stereocenters. The van der Waals surface area contributed by atoms with Gasteiger partial charge in [-0.3, -0.25) is 9.36 Å². The number of rotatable bonds is 7. The Labute approximate surface area is 197 Å². The number of likely N-dealkylation sites (N-methyl/N-ethyl adjacent to an activating group) is 1. The van der Waals surface area contributed by atoms with Crippen LogP contribution in [-0.2, 0) is 11.3 Å². The van der Waals surface area contributed by atoms with Crippen molar-refractivity contribution in [2.45, 2.75) is 30.8 Å². The summed E-state index contributed by atoms with van der Waals surface area (Å²) >= 11 is 1.46. The van der Waals surface area contributed by atoms with Gasteiger partial charge in [0.1, 0.15) is 5.76 Å². The van der Waals surface area contributed by atoms with E-state index in [1.165, 1.54) is 11.8 Å². The highest BCUT2D eigenvalue weighted by molar-refractivity contribution is 8.00. The number of thioether (sulfide) groups is 1. The zero-order valence-electron chi connectivity index (χ0n) is 18.9. The van der Waals surface area contributed by atoms with Crippen LogP contribution in [0.2, 0.25) is 0 Å². The number of benzene rings is 1. The van der Waals surface area contributed by atoms with Crippen molar-refractivity contribution in [3.05, 3.63) is 54.6 Å². The Morgan fingerprint density at radius 3 is 2.73 bits per heavy atom. The Morgan fingerprint density at radius 1 is 1.15 bits per heavy atom. The van der Waals surface area contributed by atoms with Crippen molar-refractivity contribution in [2.24, 2.45) is 0 Å². The molecule has 0 aliphatic carbocycles. The number of carbonyl (C=O) groups is 1. The van der Waals surface area contributed by atoms with E-state index in [4.69, 9.17) is 4.42 Å². The second kappa shape index (κ2) is 9.44. The smallest absolute Gasteiger partial charge is 0.235 e. The van der Waals surface area contributed by atoms with Crippen molar-refractivity contribution in [3.63, 3.8) is 0 Å². The molecule has 3 aromatic heterocycles. The van der Waals surface area contributed by atoms with Crippen LogP contribution < -0.4 is 0 Å². The third-order valence-electron chi connectivity index (χ3n) is 6.20. The Morgan fingerprint density at radius 2 is 1.97 bits per heavy atom. The van der Waals surface area contributed by atoms with Crippen molar-refractivity contribution in [1.82, 2.24) is 29.5 Å². The Kier molecular flexibility index (Phi) is 6.24. The summed E-state index contributed by atoms with van der Waals surface area (Å²) in [6, 6.07) is 11.9. The highest BCUT2D eigenvalue weighted by Gasteiger charge is 2.27. The number of furan rings is 1. The summed E-state index contributed by atoms with van der Waals surface area (Å²) in [5, 5.41) is 10.6. The van der Waals surface area contributed by atoms with E-state index >= 15 is 0 Å². The standard InChI is InChI=1S/C24H28N6O2S/c1-3-28-10-12-29(13-11-28)23(31)17(2)33-24-27-26-22(30(24)16-18-7-6-14-32-18)20-15-25-21-9-5-4-8-19(20)21/h4-9,14-15,17,25H,3,10-13,16H2,1-2H3/t17-/m1/s1. The molecule has 0 radical (unpaired) electrons. The van der Waals surface area contributed by atoms with Gasteiger partial charge in [0.2, 0.25) is 5.91 Å². The van der Waals surface area contributed by atoms with Crippen LogP contribution in [0.1, 0.15) is 19.6 Å². The number of nitrogens with zero attached hydrogens (tertiary/aromatic N) is 5. The molecule has 1 amide bonds. The minimum absolute atomic E-state index is 0.150. The third kappa shape index (κ3) is 4.43. The minimum atomic E-state index is -0.256. The molecule has 1 atom stereocenters. The summed E-state index contributed by atoms with van der Waals surface area (Å²) in [4.78, 5) is 20.8. The van der Waals surface area contributed by atoms with Crippen LogP contribution in [-0.4, -0.2) is 73.4 Å². The van der Waals surface area contributed by atoms with E-state index in [0.717, 1.165) is 60.8 Å². The molecule has 5 rings (SSSR count). The summed E-state index contributed by atoms with van der Waals surface area (Å²) in [6.45, 7) is 9.04. The molecule has 8 nitrogen and oxygen atoms in total. The van der Waals surface area contributed by atoms with Crippen LogP contribution in [0.15, 0.2) is 58.4 Å². The average molecular weight is 465 g/mol. The van der Waals surface area contributed by atoms with Gasteiger partial charge in [0, 0.05) is 48.8 Å². The maximum absolute atomic E-state index is 13.1. The summed E-state index contributed by atoms with van der Waals surface area (Å²) in [7, 11) is 0. The number of hydrogen-bond donors (Lipinski definition) is 1. The predicted molar refractivity (Wildman–Crippen MR) is 129 cm³/mol. The Bertz CT molecular complexity index is 1220. The highest BCUT2D eigenvalue weighted by atomic mass is 32.2. The number of aromatic amines is 1. The van der Waals surface area contributed by atoms with Gasteiger partial charge in [-0.25, -0.2) is 0 Å². The highest BCUT2D eigenvalue weighted by Crippen LogP contribution is 2.32. The average Bonchev–Trinajstić information content (AvgIpc) is 3.60. The normalized spacial score (nSPS) is 15.9. The van der Waals surface area contributed by atoms with Crippen LogP contribution in [0, 0.1) is 0 Å². The van der Waals surface area contributed by atoms with Crippen molar-refractivity contribution in [2.75, 3.05) is 32.7 Å². The van der Waals surface area contributed by atoms with Crippen LogP contribution in [0.3, 0.4) is 0 Å². The fourth-order valence-electron chi connectivity index (χ4n) is 4.28. The largest absolute Gasteiger partial charge is 0.467 e. The first-order valence-electron chi connectivity index (χ1n) is 11.3. The second-order valence-corrected chi connectivity index (χ2v) is 9.55. The molecule has 172 valence electrons.